The van der Waals surface area contributed by atoms with Crippen molar-refractivity contribution in [2.75, 3.05) is 0 Å². The molecule has 0 N–H and O–H groups in total. The van der Waals surface area contributed by atoms with Crippen molar-refractivity contribution < 1.29 is 9.59 Å². The van der Waals surface area contributed by atoms with Crippen LogP contribution < -0.4 is 0 Å². The molecule has 1 heterocycles. The molecule has 3 aliphatic carbocycles. The molecule has 1 aromatic rings. The molecule has 4 atom stereocenters. The van der Waals surface area contributed by atoms with E-state index in [1.807, 2.05) is 31.2 Å². The summed E-state index contributed by atoms with van der Waals surface area (Å²) < 4.78 is 0. The van der Waals surface area contributed by atoms with E-state index >= 15 is 0 Å². The topological polar surface area (TPSA) is 37.4 Å². The summed E-state index contributed by atoms with van der Waals surface area (Å²) in [6.45, 7) is 2.45. The second-order valence-electron chi connectivity index (χ2n) is 6.53. The van der Waals surface area contributed by atoms with E-state index in [4.69, 9.17) is 0 Å². The fourth-order valence-electron chi connectivity index (χ4n) is 4.25. The molecule has 1 aromatic carbocycles. The summed E-state index contributed by atoms with van der Waals surface area (Å²) in [5.41, 5.74) is 2.20. The molecule has 0 spiro atoms. The number of amides is 2. The van der Waals surface area contributed by atoms with Crippen LogP contribution in [-0.2, 0) is 16.1 Å². The van der Waals surface area contributed by atoms with E-state index in [1.165, 1.54) is 4.90 Å². The molecule has 3 heteroatoms. The molecule has 2 amide bonds. The number of likely N-dealkylation sites (tertiary alicyclic amines) is 1. The van der Waals surface area contributed by atoms with Gasteiger partial charge in [-0.3, -0.25) is 14.5 Å². The molecule has 0 radical (unpaired) electrons. The number of nitrogens with zero attached hydrogens (tertiary/aromatic N) is 1. The minimum absolute atomic E-state index is 0.0484. The minimum atomic E-state index is -0.0923. The van der Waals surface area contributed by atoms with Gasteiger partial charge >= 0.3 is 0 Å². The van der Waals surface area contributed by atoms with Crippen molar-refractivity contribution in [3.05, 3.63) is 47.5 Å². The highest BCUT2D eigenvalue weighted by Gasteiger charge is 2.56. The van der Waals surface area contributed by atoms with E-state index in [0.717, 1.165) is 24.0 Å². The van der Waals surface area contributed by atoms with E-state index in [1.54, 1.807) is 0 Å². The second kappa shape index (κ2) is 4.55. The molecular weight excluding hydrogens is 262 g/mol. The standard InChI is InChI=1S/C18H19NO2/c1-11-4-2-3-5-14(11)10-19-17(20)15-12-6-7-13(9-8-12)16(15)18(19)21/h2-7,12-13,15-16H,8-10H2,1H3/t12-,13+,15-,16-/m0/s1. The first-order valence-corrected chi connectivity index (χ1v) is 7.75. The Hall–Kier alpha value is -1.90. The van der Waals surface area contributed by atoms with Gasteiger partial charge in [-0.1, -0.05) is 36.4 Å². The SMILES string of the molecule is Cc1ccccc1CN1C(=O)[C@@H]2[C@@H](C1=O)[C@H]1C=C[C@@H]2CC1. The van der Waals surface area contributed by atoms with Crippen LogP contribution >= 0.6 is 0 Å². The van der Waals surface area contributed by atoms with Crippen LogP contribution in [0.15, 0.2) is 36.4 Å². The highest BCUT2D eigenvalue weighted by Crippen LogP contribution is 2.49. The number of carbonyl (C=O) groups is 2. The summed E-state index contributed by atoms with van der Waals surface area (Å²) in [7, 11) is 0. The molecule has 1 saturated heterocycles. The summed E-state index contributed by atoms with van der Waals surface area (Å²) >= 11 is 0. The highest BCUT2D eigenvalue weighted by molar-refractivity contribution is 6.06. The van der Waals surface area contributed by atoms with Crippen molar-refractivity contribution in [3.63, 3.8) is 0 Å². The average molecular weight is 281 g/mol. The molecule has 0 unspecified atom stereocenters. The van der Waals surface area contributed by atoms with Gasteiger partial charge in [0.05, 0.1) is 18.4 Å². The first kappa shape index (κ1) is 12.8. The summed E-state index contributed by atoms with van der Waals surface area (Å²) in [6.07, 6.45) is 6.44. The summed E-state index contributed by atoms with van der Waals surface area (Å²) in [6, 6.07) is 7.98. The Labute approximate surface area is 124 Å². The predicted octanol–water partition coefficient (Wildman–Crippen LogP) is 2.69. The number of carbonyl (C=O) groups excluding carboxylic acids is 2. The lowest BCUT2D eigenvalue weighted by molar-refractivity contribution is -0.140. The van der Waals surface area contributed by atoms with Gasteiger partial charge in [0.2, 0.25) is 11.8 Å². The molecule has 5 rings (SSSR count). The summed E-state index contributed by atoms with van der Waals surface area (Å²) in [5, 5.41) is 0. The molecule has 2 fully saturated rings. The maximum Gasteiger partial charge on any atom is 0.234 e. The van der Waals surface area contributed by atoms with E-state index in [2.05, 4.69) is 12.2 Å². The first-order valence-electron chi connectivity index (χ1n) is 7.75. The van der Waals surface area contributed by atoms with Crippen molar-refractivity contribution in [2.24, 2.45) is 23.7 Å². The molecule has 3 nitrogen and oxygen atoms in total. The van der Waals surface area contributed by atoms with Gasteiger partial charge in [0.15, 0.2) is 0 Å². The number of fused-ring (bicyclic) bond motifs is 1. The molecule has 0 aromatic heterocycles. The monoisotopic (exact) mass is 281 g/mol. The van der Waals surface area contributed by atoms with Crippen LogP contribution in [0.5, 0.6) is 0 Å². The summed E-state index contributed by atoms with van der Waals surface area (Å²) in [4.78, 5) is 27.0. The highest BCUT2D eigenvalue weighted by atomic mass is 16.2. The smallest absolute Gasteiger partial charge is 0.234 e. The van der Waals surface area contributed by atoms with Gasteiger partial charge < -0.3 is 0 Å². The Morgan fingerprint density at radius 1 is 1.00 bits per heavy atom. The maximum atomic E-state index is 12.7. The fourth-order valence-corrected chi connectivity index (χ4v) is 4.25. The van der Waals surface area contributed by atoms with Crippen LogP contribution in [0.4, 0.5) is 0 Å². The van der Waals surface area contributed by atoms with Crippen molar-refractivity contribution in [2.45, 2.75) is 26.3 Å². The van der Waals surface area contributed by atoms with E-state index in [0.29, 0.717) is 6.54 Å². The molecular formula is C18H19NO2. The lowest BCUT2D eigenvalue weighted by Gasteiger charge is -2.38. The van der Waals surface area contributed by atoms with Crippen LogP contribution in [0.3, 0.4) is 0 Å². The van der Waals surface area contributed by atoms with E-state index < -0.39 is 0 Å². The van der Waals surface area contributed by atoms with Gasteiger partial charge in [0, 0.05) is 0 Å². The number of rotatable bonds is 2. The van der Waals surface area contributed by atoms with Crippen LogP contribution in [0.1, 0.15) is 24.0 Å². The Balaban J connectivity index is 1.65. The van der Waals surface area contributed by atoms with Crippen LogP contribution in [-0.4, -0.2) is 16.7 Å². The van der Waals surface area contributed by atoms with Crippen molar-refractivity contribution >= 4 is 11.8 Å². The molecule has 1 aliphatic heterocycles. The Morgan fingerprint density at radius 2 is 1.57 bits per heavy atom. The van der Waals surface area contributed by atoms with Gasteiger partial charge in [-0.2, -0.15) is 0 Å². The van der Waals surface area contributed by atoms with Crippen molar-refractivity contribution in [1.29, 1.82) is 0 Å². The zero-order valence-corrected chi connectivity index (χ0v) is 12.2. The second-order valence-corrected chi connectivity index (χ2v) is 6.53. The van der Waals surface area contributed by atoms with E-state index in [-0.39, 0.29) is 35.5 Å². The molecule has 4 aliphatic rings. The number of aryl methyl sites for hydroxylation is 1. The number of imide groups is 1. The Morgan fingerprint density at radius 3 is 2.10 bits per heavy atom. The lowest BCUT2D eigenvalue weighted by Crippen LogP contribution is -2.38. The Bertz CT molecular complexity index is 616. The fraction of sp³-hybridized carbons (Fsp3) is 0.444. The largest absolute Gasteiger partial charge is 0.278 e. The normalized spacial score (nSPS) is 33.7. The average Bonchev–Trinajstić information content (AvgIpc) is 2.78. The summed E-state index contributed by atoms with van der Waals surface area (Å²) in [5.74, 6) is 0.465. The van der Waals surface area contributed by atoms with E-state index in [9.17, 15) is 9.59 Å². The quantitative estimate of drug-likeness (QED) is 0.617. The third-order valence-corrected chi connectivity index (χ3v) is 5.44. The third-order valence-electron chi connectivity index (χ3n) is 5.44. The zero-order chi connectivity index (χ0) is 14.6. The number of hydrogen-bond acceptors (Lipinski definition) is 2. The zero-order valence-electron chi connectivity index (χ0n) is 12.2. The number of benzene rings is 1. The van der Waals surface area contributed by atoms with Gasteiger partial charge in [-0.25, -0.2) is 0 Å². The van der Waals surface area contributed by atoms with Crippen molar-refractivity contribution in [1.82, 2.24) is 4.90 Å². The minimum Gasteiger partial charge on any atom is -0.278 e. The lowest BCUT2D eigenvalue weighted by atomic mass is 9.63. The number of hydrogen-bond donors (Lipinski definition) is 0. The van der Waals surface area contributed by atoms with Gasteiger partial charge in [0.1, 0.15) is 0 Å². The molecule has 21 heavy (non-hydrogen) atoms. The van der Waals surface area contributed by atoms with Crippen molar-refractivity contribution in [3.8, 4) is 0 Å². The van der Waals surface area contributed by atoms with Crippen LogP contribution in [0, 0.1) is 30.6 Å². The van der Waals surface area contributed by atoms with Gasteiger partial charge in [0.25, 0.3) is 0 Å². The third kappa shape index (κ3) is 1.80. The first-order chi connectivity index (χ1) is 10.2. The van der Waals surface area contributed by atoms with Gasteiger partial charge in [-0.05, 0) is 42.7 Å². The predicted molar refractivity (Wildman–Crippen MR) is 79.1 cm³/mol. The van der Waals surface area contributed by atoms with Crippen LogP contribution in [0.25, 0.3) is 0 Å². The molecule has 108 valence electrons. The number of allylic oxidation sites excluding steroid dienone is 2. The maximum absolute atomic E-state index is 12.7. The molecule has 2 bridgehead atoms. The molecule has 1 saturated carbocycles. The Kier molecular flexibility index (Phi) is 2.78. The van der Waals surface area contributed by atoms with Gasteiger partial charge in [-0.15, -0.1) is 0 Å². The van der Waals surface area contributed by atoms with Crippen LogP contribution in [0.2, 0.25) is 0 Å².